The molecule has 0 aliphatic heterocycles. The molecule has 2 N–H and O–H groups in total. The molecule has 1 aromatic heterocycles. The van der Waals surface area contributed by atoms with E-state index < -0.39 is 21.5 Å². The Morgan fingerprint density at radius 3 is 2.53 bits per heavy atom. The summed E-state index contributed by atoms with van der Waals surface area (Å²) in [5.41, 5.74) is -1.03. The SMILES string of the molecule is Cn1ccc(S(=O)(=O)NC(C)(C)CC(=O)O)c1. The number of nitrogens with one attached hydrogen (secondary N) is 1. The molecule has 0 spiro atoms. The molecule has 1 rings (SSSR count). The predicted octanol–water partition coefficient (Wildman–Crippen LogP) is 0.557. The number of carboxylic acid groups (broad SMARTS) is 1. The lowest BCUT2D eigenvalue weighted by Crippen LogP contribution is -2.44. The van der Waals surface area contributed by atoms with E-state index in [2.05, 4.69) is 4.72 Å². The van der Waals surface area contributed by atoms with Gasteiger partial charge in [-0.05, 0) is 19.9 Å². The number of aliphatic carboxylic acids is 1. The van der Waals surface area contributed by atoms with E-state index in [0.29, 0.717) is 0 Å². The highest BCUT2D eigenvalue weighted by Crippen LogP contribution is 2.15. The van der Waals surface area contributed by atoms with E-state index in [0.717, 1.165) is 0 Å². The Balaban J connectivity index is 2.90. The molecule has 7 heteroatoms. The summed E-state index contributed by atoms with van der Waals surface area (Å²) in [4.78, 5) is 10.7. The Morgan fingerprint density at radius 2 is 2.12 bits per heavy atom. The first kappa shape index (κ1) is 13.7. The van der Waals surface area contributed by atoms with Crippen LogP contribution >= 0.6 is 0 Å². The van der Waals surface area contributed by atoms with Gasteiger partial charge in [0.25, 0.3) is 0 Å². The first-order valence-corrected chi connectivity index (χ1v) is 6.48. The molecular formula is C10H16N2O4S. The fourth-order valence-corrected chi connectivity index (χ4v) is 2.94. The molecule has 1 heterocycles. The minimum Gasteiger partial charge on any atom is -0.481 e. The third-order valence-electron chi connectivity index (χ3n) is 2.12. The van der Waals surface area contributed by atoms with Crippen LogP contribution in [0.2, 0.25) is 0 Å². The average molecular weight is 260 g/mol. The predicted molar refractivity (Wildman–Crippen MR) is 62.1 cm³/mol. The molecule has 0 aliphatic carbocycles. The van der Waals surface area contributed by atoms with Gasteiger partial charge in [-0.3, -0.25) is 4.79 Å². The summed E-state index contributed by atoms with van der Waals surface area (Å²) in [6, 6.07) is 1.46. The van der Waals surface area contributed by atoms with E-state index in [1.54, 1.807) is 17.8 Å². The second-order valence-corrected chi connectivity index (χ2v) is 6.25. The van der Waals surface area contributed by atoms with Crippen molar-refractivity contribution in [2.45, 2.75) is 30.7 Å². The number of carboxylic acids is 1. The molecule has 0 radical (unpaired) electrons. The quantitative estimate of drug-likeness (QED) is 0.809. The summed E-state index contributed by atoms with van der Waals surface area (Å²) in [7, 11) is -1.97. The Labute approximate surface area is 100 Å². The molecular weight excluding hydrogens is 244 g/mol. The van der Waals surface area contributed by atoms with Crippen LogP contribution in [0.25, 0.3) is 0 Å². The minimum atomic E-state index is -3.68. The van der Waals surface area contributed by atoms with E-state index in [-0.39, 0.29) is 11.3 Å². The topological polar surface area (TPSA) is 88.4 Å². The first-order valence-electron chi connectivity index (χ1n) is 5.00. The maximum Gasteiger partial charge on any atom is 0.305 e. The van der Waals surface area contributed by atoms with Crippen molar-refractivity contribution in [1.82, 2.24) is 9.29 Å². The standard InChI is InChI=1S/C10H16N2O4S/c1-10(2,6-9(13)14)11-17(15,16)8-4-5-12(3)7-8/h4-5,7,11H,6H2,1-3H3,(H,13,14). The molecule has 0 aromatic carbocycles. The molecule has 0 atom stereocenters. The lowest BCUT2D eigenvalue weighted by atomic mass is 10.0. The molecule has 6 nitrogen and oxygen atoms in total. The molecule has 0 bridgehead atoms. The van der Waals surface area contributed by atoms with Crippen LogP contribution in [0.5, 0.6) is 0 Å². The monoisotopic (exact) mass is 260 g/mol. The first-order chi connectivity index (χ1) is 7.62. The maximum atomic E-state index is 11.9. The van der Waals surface area contributed by atoms with Gasteiger partial charge in [0, 0.05) is 25.0 Å². The Morgan fingerprint density at radius 1 is 1.53 bits per heavy atom. The minimum absolute atomic E-state index is 0.124. The van der Waals surface area contributed by atoms with Crippen molar-refractivity contribution in [3.63, 3.8) is 0 Å². The van der Waals surface area contributed by atoms with Crippen LogP contribution in [0.15, 0.2) is 23.4 Å². The second kappa shape index (κ2) is 4.50. The summed E-state index contributed by atoms with van der Waals surface area (Å²) in [6.07, 6.45) is 2.79. The smallest absolute Gasteiger partial charge is 0.305 e. The van der Waals surface area contributed by atoms with E-state index in [9.17, 15) is 13.2 Å². The van der Waals surface area contributed by atoms with Crippen LogP contribution in [0.3, 0.4) is 0 Å². The Hall–Kier alpha value is -1.34. The highest BCUT2D eigenvalue weighted by molar-refractivity contribution is 7.89. The van der Waals surface area contributed by atoms with Gasteiger partial charge < -0.3 is 9.67 Å². The van der Waals surface area contributed by atoms with E-state index in [4.69, 9.17) is 5.11 Å². The highest BCUT2D eigenvalue weighted by atomic mass is 32.2. The van der Waals surface area contributed by atoms with E-state index in [1.165, 1.54) is 26.1 Å². The van der Waals surface area contributed by atoms with Crippen LogP contribution in [0.1, 0.15) is 20.3 Å². The Bertz CT molecular complexity index is 516. The zero-order valence-electron chi connectivity index (χ0n) is 9.97. The molecule has 96 valence electrons. The molecule has 1 aromatic rings. The normalized spacial score (nSPS) is 12.6. The van der Waals surface area contributed by atoms with Crippen LogP contribution in [0, 0.1) is 0 Å². The molecule has 0 amide bonds. The number of hydrogen-bond donors (Lipinski definition) is 2. The third kappa shape index (κ3) is 3.86. The van der Waals surface area contributed by atoms with Crippen molar-refractivity contribution < 1.29 is 18.3 Å². The number of aromatic nitrogens is 1. The van der Waals surface area contributed by atoms with Crippen LogP contribution < -0.4 is 4.72 Å². The van der Waals surface area contributed by atoms with Gasteiger partial charge in [-0.2, -0.15) is 0 Å². The average Bonchev–Trinajstić information content (AvgIpc) is 2.46. The van der Waals surface area contributed by atoms with Gasteiger partial charge in [-0.15, -0.1) is 0 Å². The van der Waals surface area contributed by atoms with Crippen LogP contribution in [-0.2, 0) is 21.9 Å². The number of hydrogen-bond acceptors (Lipinski definition) is 3. The number of carbonyl (C=O) groups is 1. The largest absolute Gasteiger partial charge is 0.481 e. The Kier molecular flexibility index (Phi) is 3.63. The number of nitrogens with zero attached hydrogens (tertiary/aromatic N) is 1. The lowest BCUT2D eigenvalue weighted by Gasteiger charge is -2.23. The number of rotatable bonds is 5. The van der Waals surface area contributed by atoms with Crippen molar-refractivity contribution in [2.75, 3.05) is 0 Å². The van der Waals surface area contributed by atoms with Crippen molar-refractivity contribution in [3.05, 3.63) is 18.5 Å². The zero-order chi connectivity index (χ0) is 13.3. The molecule has 0 aliphatic rings. The second-order valence-electron chi connectivity index (χ2n) is 4.57. The number of aryl methyl sites for hydroxylation is 1. The van der Waals surface area contributed by atoms with Crippen molar-refractivity contribution in [3.8, 4) is 0 Å². The van der Waals surface area contributed by atoms with E-state index >= 15 is 0 Å². The molecule has 0 fully saturated rings. The molecule has 17 heavy (non-hydrogen) atoms. The van der Waals surface area contributed by atoms with Crippen molar-refractivity contribution in [1.29, 1.82) is 0 Å². The molecule has 0 saturated carbocycles. The summed E-state index contributed by atoms with van der Waals surface area (Å²) in [5, 5.41) is 8.68. The van der Waals surface area contributed by atoms with Gasteiger partial charge in [0.2, 0.25) is 10.0 Å². The highest BCUT2D eigenvalue weighted by Gasteiger charge is 2.28. The van der Waals surface area contributed by atoms with Gasteiger partial charge in [0.05, 0.1) is 11.3 Å². The van der Waals surface area contributed by atoms with Gasteiger partial charge in [0.15, 0.2) is 0 Å². The third-order valence-corrected chi connectivity index (χ3v) is 3.80. The lowest BCUT2D eigenvalue weighted by molar-refractivity contribution is -0.138. The van der Waals surface area contributed by atoms with Crippen LogP contribution in [-0.4, -0.2) is 29.6 Å². The van der Waals surface area contributed by atoms with Crippen molar-refractivity contribution >= 4 is 16.0 Å². The van der Waals surface area contributed by atoms with Gasteiger partial charge >= 0.3 is 5.97 Å². The summed E-state index contributed by atoms with van der Waals surface area (Å²) in [5.74, 6) is -1.05. The maximum absolute atomic E-state index is 11.9. The van der Waals surface area contributed by atoms with Gasteiger partial charge in [-0.1, -0.05) is 0 Å². The fourth-order valence-electron chi connectivity index (χ4n) is 1.47. The summed E-state index contributed by atoms with van der Waals surface area (Å²) < 4.78 is 27.8. The molecule has 0 saturated heterocycles. The van der Waals surface area contributed by atoms with Gasteiger partial charge in [0.1, 0.15) is 0 Å². The van der Waals surface area contributed by atoms with Gasteiger partial charge in [-0.25, -0.2) is 13.1 Å². The number of sulfonamides is 1. The molecule has 0 unspecified atom stereocenters. The zero-order valence-corrected chi connectivity index (χ0v) is 10.8. The van der Waals surface area contributed by atoms with Crippen LogP contribution in [0.4, 0.5) is 0 Å². The van der Waals surface area contributed by atoms with Crippen molar-refractivity contribution in [2.24, 2.45) is 7.05 Å². The van der Waals surface area contributed by atoms with E-state index in [1.807, 2.05) is 0 Å². The fraction of sp³-hybridized carbons (Fsp3) is 0.500. The summed E-state index contributed by atoms with van der Waals surface area (Å²) >= 11 is 0. The summed E-state index contributed by atoms with van der Waals surface area (Å²) in [6.45, 7) is 3.06.